The van der Waals surface area contributed by atoms with Gasteiger partial charge >= 0.3 is 0 Å². The van der Waals surface area contributed by atoms with Gasteiger partial charge in [0.25, 0.3) is 5.92 Å². The molecule has 1 N–H and O–H groups in total. The molecule has 1 amide bonds. The van der Waals surface area contributed by atoms with Gasteiger partial charge in [-0.2, -0.15) is 0 Å². The van der Waals surface area contributed by atoms with E-state index >= 15 is 0 Å². The van der Waals surface area contributed by atoms with E-state index < -0.39 is 46.9 Å². The van der Waals surface area contributed by atoms with Crippen LogP contribution in [0, 0.1) is 36.0 Å². The Balaban J connectivity index is 1.55. The van der Waals surface area contributed by atoms with Crippen LogP contribution < -0.4 is 5.31 Å². The van der Waals surface area contributed by atoms with Gasteiger partial charge in [-0.3, -0.25) is 9.69 Å². The smallest absolute Gasteiger partial charge is 0.250 e. The highest BCUT2D eigenvalue weighted by atomic mass is 19.3. The van der Waals surface area contributed by atoms with Crippen LogP contribution in [0.1, 0.15) is 165 Å². The van der Waals surface area contributed by atoms with Crippen LogP contribution in [0.5, 0.6) is 0 Å². The average molecular weight is 672 g/mol. The lowest BCUT2D eigenvalue weighted by Gasteiger charge is -2.52. The molecule has 8 heteroatoms. The van der Waals surface area contributed by atoms with Crippen molar-refractivity contribution in [3.63, 3.8) is 0 Å². The predicted molar refractivity (Wildman–Crippen MR) is 190 cm³/mol. The van der Waals surface area contributed by atoms with Gasteiger partial charge in [0.05, 0.1) is 6.04 Å². The number of benzene rings is 1. The lowest BCUT2D eigenvalue weighted by molar-refractivity contribution is -0.147. The van der Waals surface area contributed by atoms with Crippen molar-refractivity contribution in [3.8, 4) is 0 Å². The van der Waals surface area contributed by atoms with E-state index in [1.807, 2.05) is 50.5 Å². The first-order valence-electron chi connectivity index (χ1n) is 20.2. The number of aryl methyl sites for hydroxylation is 2. The summed E-state index contributed by atoms with van der Waals surface area (Å²) in [7, 11) is 0. The lowest BCUT2D eigenvalue weighted by Crippen LogP contribution is -2.58. The quantitative estimate of drug-likeness (QED) is 0.273. The second-order valence-electron chi connectivity index (χ2n) is 17.1. The van der Waals surface area contributed by atoms with Gasteiger partial charge in [-0.15, -0.1) is 10.2 Å². The number of nitrogens with zero attached hydrogens (tertiary/aromatic N) is 4. The number of alkyl halides is 2. The van der Waals surface area contributed by atoms with E-state index in [1.165, 1.54) is 13.8 Å². The highest BCUT2D eigenvalue weighted by Crippen LogP contribution is 2.55. The fourth-order valence-electron chi connectivity index (χ4n) is 9.28. The molecule has 3 heterocycles. The third-order valence-electron chi connectivity index (χ3n) is 13.1. The molecule has 3 aliphatic rings. The molecule has 0 spiro atoms. The fraction of sp³-hybridized carbons (Fsp3) is 0.775. The highest BCUT2D eigenvalue weighted by molar-refractivity contribution is 5.83. The molecule has 5 rings (SSSR count). The number of hydrogen-bond donors (Lipinski definition) is 1. The number of carbonyl (C=O) groups excluding carboxylic acids is 1. The molecule has 2 aromatic rings. The first-order valence-corrected chi connectivity index (χ1v) is 18.2. The molecular weight excluding hydrogens is 604 g/mol. The molecule has 1 saturated carbocycles. The van der Waals surface area contributed by atoms with E-state index in [-0.39, 0.29) is 54.7 Å². The molecule has 2 bridgehead atoms. The summed E-state index contributed by atoms with van der Waals surface area (Å²) in [6.45, 7) is 23.7. The molecule has 268 valence electrons. The van der Waals surface area contributed by atoms with Crippen molar-refractivity contribution in [1.29, 1.82) is 0 Å². The van der Waals surface area contributed by atoms with E-state index in [0.29, 0.717) is 12.2 Å². The lowest BCUT2D eigenvalue weighted by atomic mass is 9.67. The summed E-state index contributed by atoms with van der Waals surface area (Å²) in [5.74, 6) is -4.44. The number of halogens is 2. The fourth-order valence-corrected chi connectivity index (χ4v) is 9.28. The summed E-state index contributed by atoms with van der Waals surface area (Å²) in [5.41, 5.74) is 1.18. The molecule has 2 saturated heterocycles. The van der Waals surface area contributed by atoms with Gasteiger partial charge < -0.3 is 9.88 Å². The average Bonchev–Trinajstić information content (AvgIpc) is 3.57. The third kappa shape index (κ3) is 6.37. The van der Waals surface area contributed by atoms with E-state index in [2.05, 4.69) is 49.7 Å². The van der Waals surface area contributed by atoms with Crippen LogP contribution in [0.2, 0.25) is 1.41 Å². The Bertz CT molecular complexity index is 1650. The molecule has 6 nitrogen and oxygen atoms in total. The van der Waals surface area contributed by atoms with E-state index in [0.717, 1.165) is 41.3 Å². The molecule has 3 fully saturated rings. The number of piperidine rings is 1. The Labute approximate surface area is 294 Å². The maximum absolute atomic E-state index is 14.7. The van der Waals surface area contributed by atoms with Crippen LogP contribution in [0.3, 0.4) is 0 Å². The molecule has 1 aromatic carbocycles. The van der Waals surface area contributed by atoms with Gasteiger partial charge in [0, 0.05) is 63.7 Å². The summed E-state index contributed by atoms with van der Waals surface area (Å²) in [5, 5.41) is 9.93. The van der Waals surface area contributed by atoms with Crippen molar-refractivity contribution >= 4 is 5.91 Å². The van der Waals surface area contributed by atoms with Gasteiger partial charge in [-0.1, -0.05) is 80.5 Å². The minimum atomic E-state index is -2.82. The largest absolute Gasteiger partial charge is 0.348 e. The second kappa shape index (κ2) is 13.1. The second-order valence-corrected chi connectivity index (χ2v) is 17.1. The minimum Gasteiger partial charge on any atom is -0.348 e. The van der Waals surface area contributed by atoms with Crippen LogP contribution in [0.4, 0.5) is 8.78 Å². The van der Waals surface area contributed by atoms with E-state index in [4.69, 9.17) is 4.11 Å². The number of fused-ring (bicyclic) bond motifs is 2. The number of aromatic nitrogens is 3. The van der Waals surface area contributed by atoms with Crippen LogP contribution >= 0.6 is 0 Å². The molecule has 0 radical (unpaired) electrons. The van der Waals surface area contributed by atoms with Gasteiger partial charge in [-0.25, -0.2) is 8.78 Å². The molecule has 5 unspecified atom stereocenters. The van der Waals surface area contributed by atoms with Crippen molar-refractivity contribution in [2.24, 2.45) is 22.2 Å². The van der Waals surface area contributed by atoms with E-state index in [9.17, 15) is 15.0 Å². The monoisotopic (exact) mass is 672 g/mol. The van der Waals surface area contributed by atoms with Crippen molar-refractivity contribution in [2.75, 3.05) is 0 Å². The zero-order chi connectivity index (χ0) is 39.1. The summed E-state index contributed by atoms with van der Waals surface area (Å²) >= 11 is 0. The van der Waals surface area contributed by atoms with Crippen molar-refractivity contribution < 1.29 is 19.1 Å². The molecule has 8 atom stereocenters. The molecule has 1 aromatic heterocycles. The first kappa shape index (κ1) is 31.6. The SMILES string of the molecule is [2H]N(C(=O)C1(C)CCC(F)(F)C(C)C1)[C@H](c1cccc(C)c1C)C(C)(C)C(C)N1C2C[C@H](n3c(C([2H])([2H])C)nnc3C([2H])(C)CC)C[C@H]1C(C)(C)C2. The summed E-state index contributed by atoms with van der Waals surface area (Å²) in [4.78, 5) is 17.1. The zero-order valence-electron chi connectivity index (χ0n) is 35.5. The van der Waals surface area contributed by atoms with Crippen LogP contribution in [0.15, 0.2) is 18.2 Å². The number of nitrogens with one attached hydrogen (secondary N) is 1. The topological polar surface area (TPSA) is 63.1 Å². The van der Waals surface area contributed by atoms with Crippen LogP contribution in [-0.4, -0.2) is 49.6 Å². The number of amides is 1. The summed E-state index contributed by atoms with van der Waals surface area (Å²) in [6.07, 6.45) is 0.874. The molecule has 48 heavy (non-hydrogen) atoms. The Morgan fingerprint density at radius 2 is 1.81 bits per heavy atom. The van der Waals surface area contributed by atoms with Gasteiger partial charge in [0.2, 0.25) is 5.91 Å². The molecule has 1 aliphatic carbocycles. The Morgan fingerprint density at radius 1 is 1.12 bits per heavy atom. The number of carbonyl (C=O) groups is 1. The maximum atomic E-state index is 14.7. The Kier molecular flexibility index (Phi) is 8.62. The first-order chi connectivity index (χ1) is 23.7. The summed E-state index contributed by atoms with van der Waals surface area (Å²) < 4.78 is 67.2. The Hall–Kier alpha value is -2.35. The summed E-state index contributed by atoms with van der Waals surface area (Å²) in [6, 6.07) is 5.38. The van der Waals surface area contributed by atoms with Crippen LogP contribution in [0.25, 0.3) is 0 Å². The minimum absolute atomic E-state index is 0.0354. The predicted octanol–water partition coefficient (Wildman–Crippen LogP) is 9.51. The highest BCUT2D eigenvalue weighted by Gasteiger charge is 2.57. The Morgan fingerprint density at radius 3 is 2.42 bits per heavy atom. The van der Waals surface area contributed by atoms with E-state index in [1.54, 1.807) is 6.92 Å². The molecule has 2 aliphatic heterocycles. The van der Waals surface area contributed by atoms with Crippen LogP contribution in [-0.2, 0) is 11.2 Å². The normalized spacial score (nSPS) is 32.7. The number of rotatable bonds is 10. The third-order valence-corrected chi connectivity index (χ3v) is 13.1. The van der Waals surface area contributed by atoms with Gasteiger partial charge in [0.1, 0.15) is 11.6 Å². The molecular formula is C40H63F2N5O. The van der Waals surface area contributed by atoms with Gasteiger partial charge in [-0.05, 0) is 81.4 Å². The number of hydrogen-bond acceptors (Lipinski definition) is 4. The van der Waals surface area contributed by atoms with Crippen molar-refractivity contribution in [1.82, 2.24) is 25.0 Å². The van der Waals surface area contributed by atoms with Gasteiger partial charge in [0.15, 0.2) is 1.41 Å². The van der Waals surface area contributed by atoms with Crippen molar-refractivity contribution in [3.05, 3.63) is 46.5 Å². The standard InChI is InChI=1S/C40H63F2N5O/c1-13-24(3)35-45-44-33(14-2)47(35)29-20-30-23-37(8,9)32(21-29)46(30)28(7)38(10,11)34(31-17-15-16-25(4)27(31)6)43-36(48)39(12)18-19-40(41,42)26(5)22-39/h15-17,24,26,28-30,32,34H,13-14,18-23H2,1-12H3,(H,43,48)/t24?,26?,28?,29-,30?,32-,34+,39?/m0/s1/i14D2,24D/hD. The zero-order valence-corrected chi connectivity index (χ0v) is 31.5. The maximum Gasteiger partial charge on any atom is 0.250 e. The van der Waals surface area contributed by atoms with Crippen molar-refractivity contribution in [2.45, 2.75) is 176 Å².